The van der Waals surface area contributed by atoms with Crippen molar-refractivity contribution < 1.29 is 23.1 Å². The first-order valence-corrected chi connectivity index (χ1v) is 7.48. The van der Waals surface area contributed by atoms with Gasteiger partial charge in [0, 0.05) is 6.42 Å². The van der Waals surface area contributed by atoms with Gasteiger partial charge in [0.05, 0.1) is 5.56 Å². The van der Waals surface area contributed by atoms with Crippen molar-refractivity contribution in [3.05, 3.63) is 35.4 Å². The van der Waals surface area contributed by atoms with Gasteiger partial charge in [0.15, 0.2) is 0 Å². The van der Waals surface area contributed by atoms with Crippen LogP contribution in [0.25, 0.3) is 0 Å². The molecule has 0 fully saturated rings. The molecule has 0 spiro atoms. The summed E-state index contributed by atoms with van der Waals surface area (Å²) in [5, 5.41) is 8.59. The van der Waals surface area contributed by atoms with Gasteiger partial charge < -0.3 is 5.11 Å². The number of unbranched alkanes of at least 4 members (excludes halogenated alkanes) is 1. The summed E-state index contributed by atoms with van der Waals surface area (Å²) in [6, 6.07) is 5.30. The van der Waals surface area contributed by atoms with E-state index in [4.69, 9.17) is 5.11 Å². The predicted octanol–water partition coefficient (Wildman–Crippen LogP) is 5.31. The van der Waals surface area contributed by atoms with Crippen LogP contribution in [0.5, 0.6) is 0 Å². The van der Waals surface area contributed by atoms with Crippen LogP contribution in [-0.4, -0.2) is 11.1 Å². The van der Waals surface area contributed by atoms with Crippen molar-refractivity contribution in [1.29, 1.82) is 0 Å². The number of carboxylic acids is 1. The minimum absolute atomic E-state index is 0.0567. The first kappa shape index (κ1) is 18.5. The third kappa shape index (κ3) is 6.96. The van der Waals surface area contributed by atoms with Crippen LogP contribution < -0.4 is 0 Å². The molecule has 22 heavy (non-hydrogen) atoms. The zero-order valence-electron chi connectivity index (χ0n) is 13.0. The normalized spacial score (nSPS) is 12.4. The minimum Gasteiger partial charge on any atom is -0.481 e. The molecule has 0 atom stereocenters. The molecule has 0 amide bonds. The number of hydrogen-bond acceptors (Lipinski definition) is 1. The Balaban J connectivity index is 2.42. The number of carboxylic acid groups (broad SMARTS) is 1. The molecule has 1 N–H and O–H groups in total. The van der Waals surface area contributed by atoms with E-state index in [1.807, 2.05) is 0 Å². The number of benzene rings is 1. The molecule has 124 valence electrons. The highest BCUT2D eigenvalue weighted by Crippen LogP contribution is 2.31. The SMILES string of the molecule is CC(C)(CCCCC(=O)O)CCc1ccc(C(F)(F)F)cc1. The van der Waals surface area contributed by atoms with Crippen molar-refractivity contribution in [2.75, 3.05) is 0 Å². The predicted molar refractivity (Wildman–Crippen MR) is 79.6 cm³/mol. The molecule has 0 heterocycles. The van der Waals surface area contributed by atoms with E-state index in [0.717, 1.165) is 43.4 Å². The fourth-order valence-electron chi connectivity index (χ4n) is 2.35. The Morgan fingerprint density at radius 2 is 1.64 bits per heavy atom. The van der Waals surface area contributed by atoms with Gasteiger partial charge in [-0.1, -0.05) is 32.4 Å². The largest absolute Gasteiger partial charge is 0.481 e. The lowest BCUT2D eigenvalue weighted by atomic mass is 9.81. The van der Waals surface area contributed by atoms with Crippen LogP contribution in [0.4, 0.5) is 13.2 Å². The molecule has 1 aromatic carbocycles. The molecule has 1 aromatic rings. The first-order valence-electron chi connectivity index (χ1n) is 7.48. The van der Waals surface area contributed by atoms with Crippen LogP contribution in [0.1, 0.15) is 57.1 Å². The summed E-state index contributed by atoms with van der Waals surface area (Å²) in [4.78, 5) is 10.5. The standard InChI is InChI=1S/C17H23F3O2/c1-16(2,11-4-3-5-15(21)22)12-10-13-6-8-14(9-7-13)17(18,19)20/h6-9H,3-5,10-12H2,1-2H3,(H,21,22). The third-order valence-corrected chi connectivity index (χ3v) is 3.87. The summed E-state index contributed by atoms with van der Waals surface area (Å²) >= 11 is 0. The Labute approximate surface area is 129 Å². The van der Waals surface area contributed by atoms with E-state index in [1.54, 1.807) is 0 Å². The van der Waals surface area contributed by atoms with Gasteiger partial charge in [0.1, 0.15) is 0 Å². The Morgan fingerprint density at radius 1 is 1.05 bits per heavy atom. The van der Waals surface area contributed by atoms with E-state index >= 15 is 0 Å². The number of hydrogen-bond donors (Lipinski definition) is 1. The van der Waals surface area contributed by atoms with Crippen LogP contribution in [0.15, 0.2) is 24.3 Å². The lowest BCUT2D eigenvalue weighted by Gasteiger charge is -2.24. The summed E-state index contributed by atoms with van der Waals surface area (Å²) in [5.41, 5.74) is 0.331. The summed E-state index contributed by atoms with van der Waals surface area (Å²) in [6.07, 6.45) is -0.0707. The molecule has 0 saturated heterocycles. The van der Waals surface area contributed by atoms with E-state index in [1.165, 1.54) is 12.1 Å². The molecular formula is C17H23F3O2. The molecule has 0 saturated carbocycles. The Kier molecular flexibility index (Phi) is 6.45. The van der Waals surface area contributed by atoms with Crippen LogP contribution in [0, 0.1) is 5.41 Å². The van der Waals surface area contributed by atoms with Crippen molar-refractivity contribution in [3.8, 4) is 0 Å². The average molecular weight is 316 g/mol. The Hall–Kier alpha value is -1.52. The fourth-order valence-corrected chi connectivity index (χ4v) is 2.35. The third-order valence-electron chi connectivity index (χ3n) is 3.87. The van der Waals surface area contributed by atoms with Gasteiger partial charge in [0.2, 0.25) is 0 Å². The monoisotopic (exact) mass is 316 g/mol. The quantitative estimate of drug-likeness (QED) is 0.660. The van der Waals surface area contributed by atoms with Gasteiger partial charge in [-0.25, -0.2) is 0 Å². The molecule has 1 rings (SSSR count). The molecular weight excluding hydrogens is 293 g/mol. The van der Waals surface area contributed by atoms with E-state index in [-0.39, 0.29) is 11.8 Å². The van der Waals surface area contributed by atoms with Gasteiger partial charge in [-0.15, -0.1) is 0 Å². The maximum atomic E-state index is 12.5. The van der Waals surface area contributed by atoms with Gasteiger partial charge in [-0.05, 0) is 48.8 Å². The van der Waals surface area contributed by atoms with Crippen molar-refractivity contribution in [1.82, 2.24) is 0 Å². The molecule has 5 heteroatoms. The number of carbonyl (C=O) groups is 1. The molecule has 0 aromatic heterocycles. The van der Waals surface area contributed by atoms with Gasteiger partial charge >= 0.3 is 12.1 Å². The zero-order valence-corrected chi connectivity index (χ0v) is 13.0. The zero-order chi connectivity index (χ0) is 16.8. The maximum Gasteiger partial charge on any atom is 0.416 e. The van der Waals surface area contributed by atoms with Gasteiger partial charge in [-0.3, -0.25) is 4.79 Å². The van der Waals surface area contributed by atoms with Crippen molar-refractivity contribution in [2.45, 2.75) is 58.5 Å². The average Bonchev–Trinajstić information content (AvgIpc) is 2.41. The Morgan fingerprint density at radius 3 is 2.14 bits per heavy atom. The smallest absolute Gasteiger partial charge is 0.416 e. The fraction of sp³-hybridized carbons (Fsp3) is 0.588. The van der Waals surface area contributed by atoms with E-state index in [2.05, 4.69) is 13.8 Å². The molecule has 2 nitrogen and oxygen atoms in total. The molecule has 0 aliphatic carbocycles. The van der Waals surface area contributed by atoms with Crippen LogP contribution >= 0.6 is 0 Å². The number of alkyl halides is 3. The second-order valence-electron chi connectivity index (χ2n) is 6.46. The summed E-state index contributed by atoms with van der Waals surface area (Å²) in [5.74, 6) is -0.775. The Bertz CT molecular complexity index is 476. The van der Waals surface area contributed by atoms with E-state index in [9.17, 15) is 18.0 Å². The molecule has 0 radical (unpaired) electrons. The summed E-state index contributed by atoms with van der Waals surface area (Å²) in [7, 11) is 0. The second-order valence-corrected chi connectivity index (χ2v) is 6.46. The minimum atomic E-state index is -4.29. The van der Waals surface area contributed by atoms with Crippen LogP contribution in [0.3, 0.4) is 0 Å². The number of rotatable bonds is 8. The highest BCUT2D eigenvalue weighted by Gasteiger charge is 2.30. The summed E-state index contributed by atoms with van der Waals surface area (Å²) < 4.78 is 37.4. The number of halogens is 3. The molecule has 0 bridgehead atoms. The maximum absolute atomic E-state index is 12.5. The molecule has 0 unspecified atom stereocenters. The van der Waals surface area contributed by atoms with Crippen LogP contribution in [0.2, 0.25) is 0 Å². The van der Waals surface area contributed by atoms with Crippen molar-refractivity contribution in [3.63, 3.8) is 0 Å². The highest BCUT2D eigenvalue weighted by molar-refractivity contribution is 5.66. The lowest BCUT2D eigenvalue weighted by molar-refractivity contribution is -0.138. The topological polar surface area (TPSA) is 37.3 Å². The lowest BCUT2D eigenvalue weighted by Crippen LogP contribution is -2.13. The van der Waals surface area contributed by atoms with Crippen LogP contribution in [-0.2, 0) is 17.4 Å². The number of aryl methyl sites for hydroxylation is 1. The first-order chi connectivity index (χ1) is 10.1. The van der Waals surface area contributed by atoms with Gasteiger partial charge in [0.25, 0.3) is 0 Å². The molecule has 0 aliphatic heterocycles. The van der Waals surface area contributed by atoms with Crippen molar-refractivity contribution >= 4 is 5.97 Å². The molecule has 0 aliphatic rings. The second kappa shape index (κ2) is 7.65. The summed E-state index contributed by atoms with van der Waals surface area (Å²) in [6.45, 7) is 4.22. The highest BCUT2D eigenvalue weighted by atomic mass is 19.4. The van der Waals surface area contributed by atoms with Crippen molar-refractivity contribution in [2.24, 2.45) is 5.41 Å². The van der Waals surface area contributed by atoms with E-state index < -0.39 is 17.7 Å². The van der Waals surface area contributed by atoms with E-state index in [0.29, 0.717) is 6.42 Å². The van der Waals surface area contributed by atoms with Gasteiger partial charge in [-0.2, -0.15) is 13.2 Å². The number of aliphatic carboxylic acids is 1.